The predicted octanol–water partition coefficient (Wildman–Crippen LogP) is -2.33. The summed E-state index contributed by atoms with van der Waals surface area (Å²) in [5.41, 5.74) is 0. The molecule has 5 heteroatoms. The van der Waals surface area contributed by atoms with E-state index in [-0.39, 0.29) is 34.6 Å². The first-order valence-electron chi connectivity index (χ1n) is 2.32. The third kappa shape index (κ3) is 2.90. The number of aromatic nitrogens is 1. The minimum absolute atomic E-state index is 0. The molecule has 0 aliphatic carbocycles. The van der Waals surface area contributed by atoms with Gasteiger partial charge in [0.2, 0.25) is 11.1 Å². The maximum Gasteiger partial charge on any atom is 1.00 e. The van der Waals surface area contributed by atoms with Crippen LogP contribution in [0.5, 0.6) is 0 Å². The zero-order valence-corrected chi connectivity index (χ0v) is 8.34. The first-order valence-corrected chi connectivity index (χ1v) is 3.43. The number of hydrogen-bond donors (Lipinski definition) is 1. The van der Waals surface area contributed by atoms with Crippen LogP contribution in [0.4, 0.5) is 0 Å². The van der Waals surface area contributed by atoms with E-state index in [2.05, 4.69) is 4.98 Å². The van der Waals surface area contributed by atoms with E-state index in [0.29, 0.717) is 0 Å². The van der Waals surface area contributed by atoms with Crippen molar-refractivity contribution in [2.75, 3.05) is 0 Å². The maximum atomic E-state index is 10.2. The normalized spacial score (nSPS) is 11.7. The van der Waals surface area contributed by atoms with Gasteiger partial charge in [0.15, 0.2) is 5.03 Å². The average molecular weight is 166 g/mol. The van der Waals surface area contributed by atoms with Crippen LogP contribution < -0.4 is 29.6 Å². The molecule has 10 heavy (non-hydrogen) atoms. The van der Waals surface area contributed by atoms with Gasteiger partial charge in [-0.3, -0.25) is 0 Å². The van der Waals surface area contributed by atoms with Crippen molar-refractivity contribution in [3.8, 4) is 0 Å². The molecule has 3 nitrogen and oxygen atoms in total. The van der Waals surface area contributed by atoms with Crippen molar-refractivity contribution in [2.45, 2.75) is 5.03 Å². The molecule has 1 N–H and O–H groups in total. The number of hydrogen-bond acceptors (Lipinski definition) is 2. The van der Waals surface area contributed by atoms with Crippen molar-refractivity contribution < 1.29 is 38.3 Å². The summed E-state index contributed by atoms with van der Waals surface area (Å²) in [7, 11) is 0. The fraction of sp³-hybridized carbons (Fsp3) is 0. The molecule has 1 atom stereocenters. The summed E-state index contributed by atoms with van der Waals surface area (Å²) in [6.07, 6.45) is 1.48. The van der Waals surface area contributed by atoms with Gasteiger partial charge in [-0.25, -0.2) is 9.19 Å². The van der Waals surface area contributed by atoms with E-state index in [0.717, 1.165) is 0 Å². The summed E-state index contributed by atoms with van der Waals surface area (Å²) in [6, 6.07) is 4.85. The van der Waals surface area contributed by atoms with Crippen LogP contribution in [-0.4, -0.2) is 13.7 Å². The van der Waals surface area contributed by atoms with Crippen LogP contribution in [0.25, 0.3) is 0 Å². The van der Waals surface area contributed by atoms with Gasteiger partial charge in [-0.15, -0.1) is 0 Å². The van der Waals surface area contributed by atoms with Crippen molar-refractivity contribution in [1.29, 1.82) is 0 Å². The monoisotopic (exact) mass is 166 g/mol. The Labute approximate surface area is 83.4 Å². The Morgan fingerprint density at radius 3 is 2.50 bits per heavy atom. The second-order valence-electron chi connectivity index (χ2n) is 1.42. The summed E-state index contributed by atoms with van der Waals surface area (Å²) < 4.78 is 18.7. The molecular weight excluding hydrogens is 161 g/mol. The van der Waals surface area contributed by atoms with E-state index in [1.165, 1.54) is 12.3 Å². The van der Waals surface area contributed by atoms with Gasteiger partial charge >= 0.3 is 29.6 Å². The van der Waals surface area contributed by atoms with Gasteiger partial charge in [-0.1, -0.05) is 6.07 Å². The summed E-state index contributed by atoms with van der Waals surface area (Å²) >= 11 is -1.94. The molecule has 1 aromatic rings. The third-order valence-corrected chi connectivity index (χ3v) is 1.42. The van der Waals surface area contributed by atoms with Crippen LogP contribution in [0.1, 0.15) is 0 Å². The summed E-state index contributed by atoms with van der Waals surface area (Å²) in [5.74, 6) is 0. The fourth-order valence-electron chi connectivity index (χ4n) is 0.450. The average Bonchev–Trinajstić information content (AvgIpc) is 1.90. The number of rotatable bonds is 1. The quantitative estimate of drug-likeness (QED) is 0.376. The zero-order chi connectivity index (χ0) is 6.69. The molecule has 1 unspecified atom stereocenters. The molecule has 0 spiro atoms. The van der Waals surface area contributed by atoms with Crippen molar-refractivity contribution in [2.24, 2.45) is 0 Å². The van der Waals surface area contributed by atoms with E-state index in [1.54, 1.807) is 12.1 Å². The van der Waals surface area contributed by atoms with Crippen LogP contribution in [-0.2, 0) is 11.1 Å². The van der Waals surface area contributed by atoms with Gasteiger partial charge in [-0.05, 0) is 12.1 Å². The Kier molecular flexibility index (Phi) is 5.11. The molecule has 0 bridgehead atoms. The SMILES string of the molecule is O=S(O)c1ccccn1.[Na+]. The Balaban J connectivity index is 0.000000810. The second kappa shape index (κ2) is 4.98. The van der Waals surface area contributed by atoms with E-state index in [4.69, 9.17) is 4.55 Å². The Hall–Kier alpha value is 0.260. The standard InChI is InChI=1S/C5H5NO2S.Na/c7-9(8)5-3-1-2-4-6-5;/h1-4H,(H,7,8);/q;+1. The topological polar surface area (TPSA) is 50.2 Å². The van der Waals surface area contributed by atoms with Gasteiger partial charge in [0, 0.05) is 6.20 Å². The van der Waals surface area contributed by atoms with Gasteiger partial charge in [0.05, 0.1) is 0 Å². The molecule has 0 amide bonds. The van der Waals surface area contributed by atoms with Gasteiger partial charge in [0.25, 0.3) is 0 Å². The van der Waals surface area contributed by atoms with E-state index >= 15 is 0 Å². The van der Waals surface area contributed by atoms with Gasteiger partial charge in [0.1, 0.15) is 0 Å². The Morgan fingerprint density at radius 2 is 2.20 bits per heavy atom. The van der Waals surface area contributed by atoms with Crippen molar-refractivity contribution in [3.05, 3.63) is 24.4 Å². The Bertz CT molecular complexity index is 216. The predicted molar refractivity (Wildman–Crippen MR) is 33.3 cm³/mol. The van der Waals surface area contributed by atoms with Crippen LogP contribution in [0.15, 0.2) is 29.4 Å². The third-order valence-electron chi connectivity index (χ3n) is 0.817. The molecule has 1 rings (SSSR count). The minimum Gasteiger partial charge on any atom is -0.301 e. The molecule has 1 aromatic heterocycles. The molecule has 0 aromatic carbocycles. The fourth-order valence-corrected chi connectivity index (χ4v) is 0.796. The zero-order valence-electron chi connectivity index (χ0n) is 5.52. The van der Waals surface area contributed by atoms with Crippen LogP contribution in [0, 0.1) is 0 Å². The van der Waals surface area contributed by atoms with Gasteiger partial charge in [-0.2, -0.15) is 0 Å². The first kappa shape index (κ1) is 10.3. The number of nitrogens with zero attached hydrogens (tertiary/aromatic N) is 1. The minimum atomic E-state index is -1.94. The van der Waals surface area contributed by atoms with Crippen LogP contribution in [0.2, 0.25) is 0 Å². The summed E-state index contributed by atoms with van der Waals surface area (Å²) in [5, 5.41) is 0.192. The first-order chi connectivity index (χ1) is 4.30. The van der Waals surface area contributed by atoms with Crippen molar-refractivity contribution in [1.82, 2.24) is 4.98 Å². The van der Waals surface area contributed by atoms with E-state index in [9.17, 15) is 4.21 Å². The molecule has 0 aliphatic rings. The van der Waals surface area contributed by atoms with Crippen molar-refractivity contribution in [3.63, 3.8) is 0 Å². The smallest absolute Gasteiger partial charge is 0.301 e. The second-order valence-corrected chi connectivity index (χ2v) is 2.33. The van der Waals surface area contributed by atoms with E-state index < -0.39 is 11.1 Å². The van der Waals surface area contributed by atoms with Crippen LogP contribution in [0.3, 0.4) is 0 Å². The van der Waals surface area contributed by atoms with Gasteiger partial charge < -0.3 is 4.55 Å². The molecule has 48 valence electrons. The Morgan fingerprint density at radius 1 is 1.50 bits per heavy atom. The molecule has 0 radical (unpaired) electrons. The van der Waals surface area contributed by atoms with Crippen LogP contribution >= 0.6 is 0 Å². The maximum absolute atomic E-state index is 10.2. The molecule has 0 saturated carbocycles. The van der Waals surface area contributed by atoms with Crippen molar-refractivity contribution >= 4 is 11.1 Å². The molecule has 0 fully saturated rings. The number of pyridine rings is 1. The van der Waals surface area contributed by atoms with E-state index in [1.807, 2.05) is 0 Å². The molecule has 0 saturated heterocycles. The summed E-state index contributed by atoms with van der Waals surface area (Å²) in [4.78, 5) is 3.63. The molecular formula is C5H5NNaO2S+. The largest absolute Gasteiger partial charge is 1.00 e. The summed E-state index contributed by atoms with van der Waals surface area (Å²) in [6.45, 7) is 0. The molecule has 0 aliphatic heterocycles. The molecule has 1 heterocycles.